The number of rotatable bonds is 9. The molecule has 0 aliphatic rings. The summed E-state index contributed by atoms with van der Waals surface area (Å²) in [6, 6.07) is 15.3. The van der Waals surface area contributed by atoms with Gasteiger partial charge in [-0.15, -0.1) is 0 Å². The molecule has 8 nitrogen and oxygen atoms in total. The van der Waals surface area contributed by atoms with Crippen molar-refractivity contribution in [1.82, 2.24) is 5.32 Å². The number of halogens is 2. The molecule has 0 saturated heterocycles. The van der Waals surface area contributed by atoms with Gasteiger partial charge in [-0.2, -0.15) is 0 Å². The topological polar surface area (TPSA) is 123 Å². The highest BCUT2D eigenvalue weighted by Crippen LogP contribution is 2.37. The minimum Gasteiger partial charge on any atom is -0.495 e. The molecule has 0 aliphatic heterocycles. The van der Waals surface area contributed by atoms with Crippen molar-refractivity contribution >= 4 is 50.6 Å². The molecule has 35 heavy (non-hydrogen) atoms. The molecule has 186 valence electrons. The van der Waals surface area contributed by atoms with E-state index in [1.54, 1.807) is 31.2 Å². The van der Waals surface area contributed by atoms with E-state index in [9.17, 15) is 13.2 Å². The summed E-state index contributed by atoms with van der Waals surface area (Å²) in [6.45, 7) is 2.28. The Morgan fingerprint density at radius 1 is 0.971 bits per heavy atom. The SMILES string of the molecule is COc1ccc([C@H](C)NC(=O)Nc2ccc(S(=O)(=O)Nc3ccc(CCN)cc3)cc2)c(Cl)c1Cl. The Labute approximate surface area is 214 Å². The summed E-state index contributed by atoms with van der Waals surface area (Å²) in [7, 11) is -2.31. The number of sulfonamides is 1. The first kappa shape index (κ1) is 26.6. The summed E-state index contributed by atoms with van der Waals surface area (Å²) >= 11 is 12.5. The van der Waals surface area contributed by atoms with Crippen LogP contribution in [0.15, 0.2) is 65.6 Å². The average Bonchev–Trinajstić information content (AvgIpc) is 2.82. The van der Waals surface area contributed by atoms with Crippen LogP contribution in [0.5, 0.6) is 5.75 Å². The minimum atomic E-state index is -3.79. The number of hydrogen-bond acceptors (Lipinski definition) is 5. The van der Waals surface area contributed by atoms with Crippen molar-refractivity contribution in [3.8, 4) is 5.75 Å². The molecule has 0 radical (unpaired) electrons. The first-order chi connectivity index (χ1) is 16.6. The zero-order valence-corrected chi connectivity index (χ0v) is 21.5. The van der Waals surface area contributed by atoms with Crippen molar-refractivity contribution in [3.63, 3.8) is 0 Å². The standard InChI is InChI=1S/C24H26Cl2N4O4S/c1-15(20-11-12-21(34-2)23(26)22(20)25)28-24(31)29-17-7-9-19(10-8-17)35(32,33)30-18-5-3-16(4-6-18)13-14-27/h3-12,15,30H,13-14,27H2,1-2H3,(H2,28,29,31)/t15-/m0/s1. The first-order valence-corrected chi connectivity index (χ1v) is 12.9. The van der Waals surface area contributed by atoms with Gasteiger partial charge in [-0.1, -0.05) is 41.4 Å². The molecule has 0 aliphatic carbocycles. The molecule has 0 heterocycles. The third-order valence-electron chi connectivity index (χ3n) is 5.17. The molecule has 11 heteroatoms. The summed E-state index contributed by atoms with van der Waals surface area (Å²) in [6.07, 6.45) is 0.717. The van der Waals surface area contributed by atoms with Crippen LogP contribution in [0, 0.1) is 0 Å². The second-order valence-electron chi connectivity index (χ2n) is 7.67. The number of urea groups is 1. The third-order valence-corrected chi connectivity index (χ3v) is 7.45. The van der Waals surface area contributed by atoms with E-state index in [2.05, 4.69) is 15.4 Å². The number of hydrogen-bond donors (Lipinski definition) is 4. The van der Waals surface area contributed by atoms with Crippen molar-refractivity contribution in [3.05, 3.63) is 81.8 Å². The van der Waals surface area contributed by atoms with Crippen molar-refractivity contribution in [2.75, 3.05) is 23.7 Å². The van der Waals surface area contributed by atoms with Gasteiger partial charge in [-0.25, -0.2) is 13.2 Å². The highest BCUT2D eigenvalue weighted by Gasteiger charge is 2.18. The Kier molecular flexibility index (Phi) is 8.85. The van der Waals surface area contributed by atoms with E-state index < -0.39 is 22.1 Å². The lowest BCUT2D eigenvalue weighted by atomic mass is 10.1. The summed E-state index contributed by atoms with van der Waals surface area (Å²) < 4.78 is 33.0. The van der Waals surface area contributed by atoms with Gasteiger partial charge in [-0.05, 0) is 73.5 Å². The maximum Gasteiger partial charge on any atom is 0.319 e. The van der Waals surface area contributed by atoms with Crippen molar-refractivity contribution < 1.29 is 17.9 Å². The van der Waals surface area contributed by atoms with Crippen molar-refractivity contribution in [2.24, 2.45) is 5.73 Å². The molecule has 3 rings (SSSR count). The molecule has 0 unspecified atom stereocenters. The molecule has 5 N–H and O–H groups in total. The molecule has 3 aromatic carbocycles. The summed E-state index contributed by atoms with van der Waals surface area (Å²) in [5.74, 6) is 0.435. The Bertz CT molecular complexity index is 1280. The number of nitrogens with two attached hydrogens (primary N) is 1. The van der Waals surface area contributed by atoms with E-state index in [0.717, 1.165) is 5.56 Å². The van der Waals surface area contributed by atoms with Gasteiger partial charge in [-0.3, -0.25) is 4.72 Å². The van der Waals surface area contributed by atoms with E-state index in [-0.39, 0.29) is 14.9 Å². The highest BCUT2D eigenvalue weighted by atomic mass is 35.5. The number of ether oxygens (including phenoxy) is 1. The van der Waals surface area contributed by atoms with Crippen LogP contribution in [0.4, 0.5) is 16.2 Å². The molecule has 2 amide bonds. The third kappa shape index (κ3) is 6.79. The van der Waals surface area contributed by atoms with Gasteiger partial charge < -0.3 is 21.1 Å². The summed E-state index contributed by atoms with van der Waals surface area (Å²) in [5.41, 5.74) is 8.04. The lowest BCUT2D eigenvalue weighted by Crippen LogP contribution is -2.31. The van der Waals surface area contributed by atoms with E-state index >= 15 is 0 Å². The quantitative estimate of drug-likeness (QED) is 0.299. The van der Waals surface area contributed by atoms with Crippen LogP contribution in [0.25, 0.3) is 0 Å². The number of methoxy groups -OCH3 is 1. The Morgan fingerprint density at radius 2 is 1.60 bits per heavy atom. The fourth-order valence-corrected chi connectivity index (χ4v) is 4.95. The minimum absolute atomic E-state index is 0.0579. The average molecular weight is 537 g/mol. The number of benzene rings is 3. The summed E-state index contributed by atoms with van der Waals surface area (Å²) in [4.78, 5) is 12.5. The normalized spacial score (nSPS) is 12.0. The molecular formula is C24H26Cl2N4O4S. The molecule has 0 bridgehead atoms. The predicted molar refractivity (Wildman–Crippen MR) is 140 cm³/mol. The lowest BCUT2D eigenvalue weighted by molar-refractivity contribution is 0.249. The van der Waals surface area contributed by atoms with E-state index in [4.69, 9.17) is 33.7 Å². The number of carbonyl (C=O) groups excluding carboxylic acids is 1. The van der Waals surface area contributed by atoms with Crippen LogP contribution in [0.3, 0.4) is 0 Å². The highest BCUT2D eigenvalue weighted by molar-refractivity contribution is 7.92. The van der Waals surface area contributed by atoms with Crippen molar-refractivity contribution in [1.29, 1.82) is 0 Å². The van der Waals surface area contributed by atoms with Crippen LogP contribution < -0.4 is 25.8 Å². The number of amides is 2. The van der Waals surface area contributed by atoms with Gasteiger partial charge in [0, 0.05) is 11.4 Å². The maximum absolute atomic E-state index is 12.7. The Balaban J connectivity index is 1.62. The van der Waals surface area contributed by atoms with Gasteiger partial charge in [0.15, 0.2) is 0 Å². The predicted octanol–water partition coefficient (Wildman–Crippen LogP) is 5.19. The molecule has 0 spiro atoms. The molecule has 3 aromatic rings. The largest absolute Gasteiger partial charge is 0.495 e. The smallest absolute Gasteiger partial charge is 0.319 e. The van der Waals surface area contributed by atoms with Crippen LogP contribution in [-0.2, 0) is 16.4 Å². The first-order valence-electron chi connectivity index (χ1n) is 10.7. The van der Waals surface area contributed by atoms with Crippen LogP contribution in [0.1, 0.15) is 24.1 Å². The zero-order chi connectivity index (χ0) is 25.6. The number of carbonyl (C=O) groups is 1. The van der Waals surface area contributed by atoms with E-state index in [1.165, 1.54) is 31.4 Å². The Hall–Kier alpha value is -2.98. The van der Waals surface area contributed by atoms with Crippen LogP contribution in [-0.4, -0.2) is 28.1 Å². The lowest BCUT2D eigenvalue weighted by Gasteiger charge is -2.18. The fourth-order valence-electron chi connectivity index (χ4n) is 3.32. The molecule has 0 fully saturated rings. The van der Waals surface area contributed by atoms with Crippen molar-refractivity contribution in [2.45, 2.75) is 24.3 Å². The monoisotopic (exact) mass is 536 g/mol. The van der Waals surface area contributed by atoms with E-state index in [1.807, 2.05) is 12.1 Å². The molecular weight excluding hydrogens is 511 g/mol. The van der Waals surface area contributed by atoms with Crippen LogP contribution in [0.2, 0.25) is 10.0 Å². The number of nitrogens with one attached hydrogen (secondary N) is 3. The molecule has 1 atom stereocenters. The maximum atomic E-state index is 12.7. The second kappa shape index (κ2) is 11.6. The van der Waals surface area contributed by atoms with Gasteiger partial charge in [0.2, 0.25) is 0 Å². The van der Waals surface area contributed by atoms with Gasteiger partial charge in [0.05, 0.1) is 23.1 Å². The second-order valence-corrected chi connectivity index (χ2v) is 10.1. The van der Waals surface area contributed by atoms with Gasteiger partial charge in [0.25, 0.3) is 10.0 Å². The molecule has 0 aromatic heterocycles. The molecule has 0 saturated carbocycles. The number of anilines is 2. The summed E-state index contributed by atoms with van der Waals surface area (Å²) in [5, 5.41) is 5.99. The van der Waals surface area contributed by atoms with Crippen LogP contribution >= 0.6 is 23.2 Å². The van der Waals surface area contributed by atoms with Gasteiger partial charge in [0.1, 0.15) is 10.8 Å². The van der Waals surface area contributed by atoms with Gasteiger partial charge >= 0.3 is 6.03 Å². The fraction of sp³-hybridized carbons (Fsp3) is 0.208. The Morgan fingerprint density at radius 3 is 2.20 bits per heavy atom. The van der Waals surface area contributed by atoms with E-state index in [0.29, 0.717) is 35.7 Å². The zero-order valence-electron chi connectivity index (χ0n) is 19.1.